The van der Waals surface area contributed by atoms with Crippen LogP contribution >= 0.6 is 0 Å². The van der Waals surface area contributed by atoms with E-state index in [0.29, 0.717) is 6.04 Å². The van der Waals surface area contributed by atoms with Gasteiger partial charge in [0, 0.05) is 25.8 Å². The van der Waals surface area contributed by atoms with Gasteiger partial charge in [0.15, 0.2) is 0 Å². The Morgan fingerprint density at radius 2 is 2.06 bits per heavy atom. The highest BCUT2D eigenvalue weighted by Crippen LogP contribution is 2.17. The molecule has 0 atom stereocenters. The van der Waals surface area contributed by atoms with Gasteiger partial charge in [-0.1, -0.05) is 13.8 Å². The summed E-state index contributed by atoms with van der Waals surface area (Å²) in [6.07, 6.45) is 4.21. The lowest BCUT2D eigenvalue weighted by molar-refractivity contribution is 0.586. The molecule has 1 N–H and O–H groups in total. The molecule has 0 aliphatic rings. The van der Waals surface area contributed by atoms with Gasteiger partial charge >= 0.3 is 0 Å². The molecule has 0 fully saturated rings. The van der Waals surface area contributed by atoms with E-state index in [1.165, 1.54) is 5.56 Å². The van der Waals surface area contributed by atoms with Crippen LogP contribution in [-0.4, -0.2) is 25.1 Å². The maximum absolute atomic E-state index is 4.44. The predicted octanol–water partition coefficient (Wildman–Crippen LogP) is 2.43. The van der Waals surface area contributed by atoms with Crippen LogP contribution in [0.3, 0.4) is 0 Å². The minimum Gasteiger partial charge on any atom is -0.357 e. The monoisotopic (exact) mass is 221 g/mol. The molecule has 0 unspecified atom stereocenters. The molecule has 0 saturated carbocycles. The third-order valence-electron chi connectivity index (χ3n) is 3.04. The van der Waals surface area contributed by atoms with Gasteiger partial charge in [0.25, 0.3) is 0 Å². The van der Waals surface area contributed by atoms with Crippen LogP contribution in [0.5, 0.6) is 0 Å². The van der Waals surface area contributed by atoms with Crippen LogP contribution in [0.4, 0.5) is 5.82 Å². The van der Waals surface area contributed by atoms with Crippen LogP contribution in [0.2, 0.25) is 0 Å². The molecule has 0 aliphatic carbocycles. The predicted molar refractivity (Wildman–Crippen MR) is 69.8 cm³/mol. The van der Waals surface area contributed by atoms with Crippen molar-refractivity contribution in [2.75, 3.05) is 19.0 Å². The fourth-order valence-corrected chi connectivity index (χ4v) is 1.99. The highest BCUT2D eigenvalue weighted by molar-refractivity contribution is 5.41. The third kappa shape index (κ3) is 3.20. The van der Waals surface area contributed by atoms with E-state index >= 15 is 0 Å². The second-order valence-corrected chi connectivity index (χ2v) is 4.13. The van der Waals surface area contributed by atoms with Crippen LogP contribution in [-0.2, 0) is 6.54 Å². The fourth-order valence-electron chi connectivity index (χ4n) is 1.99. The Morgan fingerprint density at radius 1 is 1.38 bits per heavy atom. The van der Waals surface area contributed by atoms with Crippen molar-refractivity contribution >= 4 is 5.82 Å². The van der Waals surface area contributed by atoms with Crippen molar-refractivity contribution in [3.63, 3.8) is 0 Å². The van der Waals surface area contributed by atoms with Crippen molar-refractivity contribution < 1.29 is 0 Å². The zero-order chi connectivity index (χ0) is 12.0. The molecule has 90 valence electrons. The van der Waals surface area contributed by atoms with E-state index in [9.17, 15) is 0 Å². The van der Waals surface area contributed by atoms with E-state index in [-0.39, 0.29) is 0 Å². The molecule has 0 aromatic carbocycles. The van der Waals surface area contributed by atoms with Gasteiger partial charge in [-0.05, 0) is 37.6 Å². The molecule has 3 nitrogen and oxygen atoms in total. The van der Waals surface area contributed by atoms with E-state index < -0.39 is 0 Å². The van der Waals surface area contributed by atoms with E-state index in [0.717, 1.165) is 25.2 Å². The van der Waals surface area contributed by atoms with E-state index in [2.05, 4.69) is 48.2 Å². The maximum atomic E-state index is 4.44. The summed E-state index contributed by atoms with van der Waals surface area (Å²) in [5.74, 6) is 1.07. The van der Waals surface area contributed by atoms with Gasteiger partial charge in [0.1, 0.15) is 5.82 Å². The second-order valence-electron chi connectivity index (χ2n) is 4.13. The second kappa shape index (κ2) is 6.48. The van der Waals surface area contributed by atoms with Crippen LogP contribution < -0.4 is 10.2 Å². The zero-order valence-corrected chi connectivity index (χ0v) is 10.8. The van der Waals surface area contributed by atoms with Gasteiger partial charge in [-0.3, -0.25) is 0 Å². The van der Waals surface area contributed by atoms with Crippen molar-refractivity contribution in [1.82, 2.24) is 10.3 Å². The summed E-state index contributed by atoms with van der Waals surface area (Å²) in [7, 11) is 4.09. The van der Waals surface area contributed by atoms with Crippen molar-refractivity contribution in [2.24, 2.45) is 0 Å². The van der Waals surface area contributed by atoms with E-state index in [4.69, 9.17) is 0 Å². The number of hydrogen-bond acceptors (Lipinski definition) is 3. The Bertz CT molecular complexity index is 308. The molecule has 1 rings (SSSR count). The minimum atomic E-state index is 0.581. The lowest BCUT2D eigenvalue weighted by Gasteiger charge is -2.27. The van der Waals surface area contributed by atoms with Gasteiger partial charge < -0.3 is 10.2 Å². The summed E-state index contributed by atoms with van der Waals surface area (Å²) in [5, 5.41) is 3.16. The molecule has 0 amide bonds. The number of pyridine rings is 1. The molecular weight excluding hydrogens is 198 g/mol. The third-order valence-corrected chi connectivity index (χ3v) is 3.04. The first kappa shape index (κ1) is 13.0. The summed E-state index contributed by atoms with van der Waals surface area (Å²) < 4.78 is 0. The van der Waals surface area contributed by atoms with Crippen molar-refractivity contribution in [1.29, 1.82) is 0 Å². The van der Waals surface area contributed by atoms with Crippen molar-refractivity contribution in [3.05, 3.63) is 23.9 Å². The number of hydrogen-bond donors (Lipinski definition) is 1. The van der Waals surface area contributed by atoms with Crippen LogP contribution in [0.15, 0.2) is 18.3 Å². The zero-order valence-electron chi connectivity index (χ0n) is 10.8. The fraction of sp³-hybridized carbons (Fsp3) is 0.615. The van der Waals surface area contributed by atoms with E-state index in [1.54, 1.807) is 0 Å². The van der Waals surface area contributed by atoms with Crippen LogP contribution in [0, 0.1) is 0 Å². The van der Waals surface area contributed by atoms with Crippen LogP contribution in [0.25, 0.3) is 0 Å². The standard InChI is InChI=1S/C13H23N3/c1-5-12(6-2)16(4)13-9-11(10-14-3)7-8-15-13/h7-9,12,14H,5-6,10H2,1-4H3. The topological polar surface area (TPSA) is 28.2 Å². The highest BCUT2D eigenvalue weighted by atomic mass is 15.2. The van der Waals surface area contributed by atoms with Crippen LogP contribution in [0.1, 0.15) is 32.3 Å². The molecule has 0 spiro atoms. The summed E-state index contributed by atoms with van der Waals surface area (Å²) in [4.78, 5) is 6.71. The Labute approximate surface area is 98.9 Å². The Morgan fingerprint density at radius 3 is 2.62 bits per heavy atom. The first-order valence-corrected chi connectivity index (χ1v) is 6.05. The quantitative estimate of drug-likeness (QED) is 0.799. The Kier molecular flexibility index (Phi) is 5.26. The summed E-state index contributed by atoms with van der Waals surface area (Å²) in [6.45, 7) is 5.34. The minimum absolute atomic E-state index is 0.581. The van der Waals surface area contributed by atoms with Gasteiger partial charge in [-0.2, -0.15) is 0 Å². The molecule has 3 heteroatoms. The van der Waals surface area contributed by atoms with Gasteiger partial charge in [-0.25, -0.2) is 4.98 Å². The SMILES string of the molecule is CCC(CC)N(C)c1cc(CNC)ccn1. The molecule has 1 aromatic heterocycles. The van der Waals surface area contributed by atoms with Gasteiger partial charge in [0.05, 0.1) is 0 Å². The largest absolute Gasteiger partial charge is 0.357 e. The first-order chi connectivity index (χ1) is 7.72. The summed E-state index contributed by atoms with van der Waals surface area (Å²) in [6, 6.07) is 4.80. The molecule has 0 bridgehead atoms. The molecule has 0 aliphatic heterocycles. The maximum Gasteiger partial charge on any atom is 0.128 e. The molecule has 16 heavy (non-hydrogen) atoms. The number of nitrogens with zero attached hydrogens (tertiary/aromatic N) is 2. The van der Waals surface area contributed by atoms with Gasteiger partial charge in [0.2, 0.25) is 0 Å². The summed E-state index contributed by atoms with van der Waals surface area (Å²) >= 11 is 0. The summed E-state index contributed by atoms with van der Waals surface area (Å²) in [5.41, 5.74) is 1.28. The number of anilines is 1. The lowest BCUT2D eigenvalue weighted by atomic mass is 10.1. The molecule has 1 aromatic rings. The first-order valence-electron chi connectivity index (χ1n) is 6.05. The average Bonchev–Trinajstić information content (AvgIpc) is 2.31. The molecular formula is C13H23N3. The normalized spacial score (nSPS) is 10.8. The Balaban J connectivity index is 2.81. The number of rotatable bonds is 6. The molecule has 1 heterocycles. The number of nitrogens with one attached hydrogen (secondary N) is 1. The highest BCUT2D eigenvalue weighted by Gasteiger charge is 2.12. The van der Waals surface area contributed by atoms with Crippen molar-refractivity contribution in [3.8, 4) is 0 Å². The molecule has 0 radical (unpaired) electrons. The number of aromatic nitrogens is 1. The lowest BCUT2D eigenvalue weighted by Crippen LogP contribution is -2.31. The molecule has 0 saturated heterocycles. The Hall–Kier alpha value is -1.09. The average molecular weight is 221 g/mol. The van der Waals surface area contributed by atoms with Gasteiger partial charge in [-0.15, -0.1) is 0 Å². The van der Waals surface area contributed by atoms with E-state index in [1.807, 2.05) is 13.2 Å². The van der Waals surface area contributed by atoms with Crippen molar-refractivity contribution in [2.45, 2.75) is 39.3 Å². The smallest absolute Gasteiger partial charge is 0.128 e.